The lowest BCUT2D eigenvalue weighted by atomic mass is 10.0. The van der Waals surface area contributed by atoms with Gasteiger partial charge in [0.2, 0.25) is 0 Å². The molecule has 0 fully saturated rings. The first-order valence-corrected chi connectivity index (χ1v) is 7.12. The van der Waals surface area contributed by atoms with E-state index in [0.717, 1.165) is 23.0 Å². The third-order valence-electron chi connectivity index (χ3n) is 2.75. The fraction of sp³-hybridized carbons (Fsp3) is 0.214. The quantitative estimate of drug-likeness (QED) is 0.803. The van der Waals surface area contributed by atoms with Crippen LogP contribution in [0.15, 0.2) is 36.4 Å². The predicted octanol–water partition coefficient (Wildman–Crippen LogP) is 3.43. The van der Waals surface area contributed by atoms with Gasteiger partial charge in [-0.15, -0.1) is 11.3 Å². The van der Waals surface area contributed by atoms with Crippen LogP contribution >= 0.6 is 22.9 Å². The van der Waals surface area contributed by atoms with Crippen molar-refractivity contribution in [3.05, 3.63) is 56.7 Å². The molecule has 0 radical (unpaired) electrons. The third-order valence-corrected chi connectivity index (χ3v) is 3.98. The van der Waals surface area contributed by atoms with Crippen molar-refractivity contribution in [3.8, 4) is 0 Å². The van der Waals surface area contributed by atoms with E-state index < -0.39 is 5.97 Å². The van der Waals surface area contributed by atoms with E-state index in [2.05, 4.69) is 5.32 Å². The van der Waals surface area contributed by atoms with E-state index in [1.807, 2.05) is 24.3 Å². The van der Waals surface area contributed by atoms with Crippen LogP contribution in [0.1, 0.15) is 20.8 Å². The topological polar surface area (TPSA) is 49.3 Å². The van der Waals surface area contributed by atoms with Crippen LogP contribution in [0.3, 0.4) is 0 Å². The van der Waals surface area contributed by atoms with Crippen LogP contribution in [0.25, 0.3) is 0 Å². The molecular formula is C14H14ClNO2S. The second-order valence-corrected chi connectivity index (χ2v) is 5.89. The fourth-order valence-electron chi connectivity index (χ4n) is 1.83. The number of carboxylic acid groups (broad SMARTS) is 1. The van der Waals surface area contributed by atoms with Gasteiger partial charge in [0, 0.05) is 11.4 Å². The number of carbonyl (C=O) groups is 1. The first-order valence-electron chi connectivity index (χ1n) is 5.93. The summed E-state index contributed by atoms with van der Waals surface area (Å²) in [7, 11) is 0. The first kappa shape index (κ1) is 14.1. The number of rotatable bonds is 6. The van der Waals surface area contributed by atoms with Crippen molar-refractivity contribution in [1.82, 2.24) is 5.32 Å². The number of hydrogen-bond donors (Lipinski definition) is 2. The number of aromatic carboxylic acids is 1. The summed E-state index contributed by atoms with van der Waals surface area (Å²) in [6.45, 7) is 1.49. The molecule has 0 amide bonds. The fourth-order valence-corrected chi connectivity index (χ4v) is 2.89. The summed E-state index contributed by atoms with van der Waals surface area (Å²) in [5.74, 6) is -0.874. The van der Waals surface area contributed by atoms with Gasteiger partial charge in [-0.25, -0.2) is 4.79 Å². The zero-order valence-electron chi connectivity index (χ0n) is 10.2. The van der Waals surface area contributed by atoms with Crippen LogP contribution in [0.4, 0.5) is 0 Å². The third kappa shape index (κ3) is 4.06. The van der Waals surface area contributed by atoms with Crippen LogP contribution in [0, 0.1) is 0 Å². The molecule has 0 spiro atoms. The lowest BCUT2D eigenvalue weighted by molar-refractivity contribution is 0.0695. The van der Waals surface area contributed by atoms with E-state index in [4.69, 9.17) is 16.7 Å². The molecule has 100 valence electrons. The van der Waals surface area contributed by atoms with E-state index in [1.54, 1.807) is 23.5 Å². The highest BCUT2D eigenvalue weighted by Gasteiger charge is 2.08. The van der Waals surface area contributed by atoms with Gasteiger partial charge in [-0.1, -0.05) is 29.8 Å². The standard InChI is InChI=1S/C14H14ClNO2S/c15-13-6-5-11(19-13)9-16-8-7-10-3-1-2-4-12(10)14(17)18/h1-6,16H,7-9H2,(H,17,18). The number of thiophene rings is 1. The molecule has 0 saturated carbocycles. The van der Waals surface area contributed by atoms with E-state index in [9.17, 15) is 4.79 Å². The summed E-state index contributed by atoms with van der Waals surface area (Å²) < 4.78 is 0.785. The van der Waals surface area contributed by atoms with Gasteiger partial charge in [-0.3, -0.25) is 0 Å². The number of benzene rings is 1. The Morgan fingerprint density at radius 2 is 2.05 bits per heavy atom. The highest BCUT2D eigenvalue weighted by atomic mass is 35.5. The lowest BCUT2D eigenvalue weighted by Gasteiger charge is -2.06. The van der Waals surface area contributed by atoms with Gasteiger partial charge in [0.25, 0.3) is 0 Å². The van der Waals surface area contributed by atoms with Crippen LogP contribution in [0.2, 0.25) is 4.34 Å². The summed E-state index contributed by atoms with van der Waals surface area (Å²) in [6, 6.07) is 11.0. The van der Waals surface area contributed by atoms with E-state index in [-0.39, 0.29) is 0 Å². The molecule has 0 unspecified atom stereocenters. The largest absolute Gasteiger partial charge is 0.478 e. The molecule has 0 bridgehead atoms. The van der Waals surface area contributed by atoms with Gasteiger partial charge in [0.15, 0.2) is 0 Å². The summed E-state index contributed by atoms with van der Waals surface area (Å²) in [6.07, 6.45) is 0.696. The molecule has 19 heavy (non-hydrogen) atoms. The van der Waals surface area contributed by atoms with Crippen molar-refractivity contribution in [2.45, 2.75) is 13.0 Å². The Bertz CT molecular complexity index is 568. The van der Waals surface area contributed by atoms with E-state index in [1.165, 1.54) is 4.88 Å². The molecule has 1 aromatic carbocycles. The smallest absolute Gasteiger partial charge is 0.335 e. The number of nitrogens with one attached hydrogen (secondary N) is 1. The second kappa shape index (κ2) is 6.70. The molecule has 2 N–H and O–H groups in total. The van der Waals surface area contributed by atoms with Gasteiger partial charge in [-0.05, 0) is 36.7 Å². The molecule has 0 aliphatic carbocycles. The van der Waals surface area contributed by atoms with Crippen molar-refractivity contribution in [1.29, 1.82) is 0 Å². The highest BCUT2D eigenvalue weighted by Crippen LogP contribution is 2.20. The lowest BCUT2D eigenvalue weighted by Crippen LogP contribution is -2.17. The molecular weight excluding hydrogens is 282 g/mol. The average Bonchev–Trinajstić information content (AvgIpc) is 2.81. The van der Waals surface area contributed by atoms with Gasteiger partial charge in [0.1, 0.15) is 0 Å². The predicted molar refractivity (Wildman–Crippen MR) is 78.1 cm³/mol. The van der Waals surface area contributed by atoms with Gasteiger partial charge >= 0.3 is 5.97 Å². The minimum Gasteiger partial charge on any atom is -0.478 e. The van der Waals surface area contributed by atoms with Crippen molar-refractivity contribution in [3.63, 3.8) is 0 Å². The molecule has 0 saturated heterocycles. The number of hydrogen-bond acceptors (Lipinski definition) is 3. The normalized spacial score (nSPS) is 10.6. The van der Waals surface area contributed by atoms with Crippen molar-refractivity contribution >= 4 is 28.9 Å². The summed E-state index contributed by atoms with van der Waals surface area (Å²) in [5, 5.41) is 12.4. The summed E-state index contributed by atoms with van der Waals surface area (Å²) in [4.78, 5) is 12.2. The van der Waals surface area contributed by atoms with Gasteiger partial charge in [-0.2, -0.15) is 0 Å². The zero-order valence-corrected chi connectivity index (χ0v) is 11.8. The van der Waals surface area contributed by atoms with E-state index >= 15 is 0 Å². The summed E-state index contributed by atoms with van der Waals surface area (Å²) in [5.41, 5.74) is 1.23. The average molecular weight is 296 g/mol. The van der Waals surface area contributed by atoms with Crippen molar-refractivity contribution < 1.29 is 9.90 Å². The Morgan fingerprint density at radius 1 is 1.26 bits per heavy atom. The highest BCUT2D eigenvalue weighted by molar-refractivity contribution is 7.16. The Hall–Kier alpha value is -1.36. The molecule has 0 aliphatic rings. The van der Waals surface area contributed by atoms with Gasteiger partial charge < -0.3 is 10.4 Å². The Morgan fingerprint density at radius 3 is 2.74 bits per heavy atom. The molecule has 0 aliphatic heterocycles. The second-order valence-electron chi connectivity index (χ2n) is 4.09. The maximum Gasteiger partial charge on any atom is 0.335 e. The van der Waals surface area contributed by atoms with Gasteiger partial charge in [0.05, 0.1) is 9.90 Å². The van der Waals surface area contributed by atoms with Crippen LogP contribution in [-0.2, 0) is 13.0 Å². The number of halogens is 1. The first-order chi connectivity index (χ1) is 9.16. The molecule has 1 heterocycles. The van der Waals surface area contributed by atoms with Crippen LogP contribution in [-0.4, -0.2) is 17.6 Å². The minimum absolute atomic E-state index is 0.378. The van der Waals surface area contributed by atoms with Crippen LogP contribution < -0.4 is 5.32 Å². The van der Waals surface area contributed by atoms with Crippen molar-refractivity contribution in [2.24, 2.45) is 0 Å². The minimum atomic E-state index is -0.874. The Labute approximate surface area is 120 Å². The van der Waals surface area contributed by atoms with Crippen molar-refractivity contribution in [2.75, 3.05) is 6.54 Å². The number of carboxylic acids is 1. The summed E-state index contributed by atoms with van der Waals surface area (Å²) >= 11 is 7.40. The van der Waals surface area contributed by atoms with Crippen LogP contribution in [0.5, 0.6) is 0 Å². The Balaban J connectivity index is 1.84. The maximum atomic E-state index is 11.0. The molecule has 2 rings (SSSR count). The Kier molecular flexibility index (Phi) is 4.96. The maximum absolute atomic E-state index is 11.0. The molecule has 3 nitrogen and oxygen atoms in total. The zero-order chi connectivity index (χ0) is 13.7. The molecule has 5 heteroatoms. The van der Waals surface area contributed by atoms with E-state index in [0.29, 0.717) is 12.0 Å². The molecule has 2 aromatic rings. The molecule has 1 aromatic heterocycles. The SMILES string of the molecule is O=C(O)c1ccccc1CCNCc1ccc(Cl)s1. The molecule has 0 atom stereocenters. The monoisotopic (exact) mass is 295 g/mol.